The van der Waals surface area contributed by atoms with Crippen LogP contribution < -0.4 is 0 Å². The van der Waals surface area contributed by atoms with Crippen LogP contribution in [0.25, 0.3) is 6.08 Å². The van der Waals surface area contributed by atoms with Gasteiger partial charge in [-0.05, 0) is 24.1 Å². The van der Waals surface area contributed by atoms with E-state index in [0.29, 0.717) is 10.9 Å². The largest absolute Gasteiger partial charge is 0.416 e. The van der Waals surface area contributed by atoms with E-state index < -0.39 is 11.7 Å². The molecule has 0 unspecified atom stereocenters. The average molecular weight is 279 g/mol. The molecule has 15 heavy (non-hydrogen) atoms. The number of hydrogen-bond acceptors (Lipinski definition) is 0. The summed E-state index contributed by atoms with van der Waals surface area (Å²) in [6.07, 6.45) is -0.829. The maximum Gasteiger partial charge on any atom is 0.416 e. The highest BCUT2D eigenvalue weighted by atomic mass is 79.9. The van der Waals surface area contributed by atoms with E-state index in [1.165, 1.54) is 13.0 Å². The SMILES string of the molecule is Cc1c(C=CCBr)cccc1C(F)(F)F. The van der Waals surface area contributed by atoms with Gasteiger partial charge < -0.3 is 0 Å². The summed E-state index contributed by atoms with van der Waals surface area (Å²) in [5, 5.41) is 0.628. The van der Waals surface area contributed by atoms with Gasteiger partial charge in [0, 0.05) is 5.33 Å². The van der Waals surface area contributed by atoms with E-state index in [-0.39, 0.29) is 5.56 Å². The normalized spacial score (nSPS) is 12.3. The molecule has 0 saturated carbocycles. The molecular weight excluding hydrogens is 269 g/mol. The summed E-state index contributed by atoms with van der Waals surface area (Å²) in [4.78, 5) is 0. The molecule has 82 valence electrons. The van der Waals surface area contributed by atoms with Gasteiger partial charge in [0.25, 0.3) is 0 Å². The van der Waals surface area contributed by atoms with Gasteiger partial charge in [0.05, 0.1) is 5.56 Å². The summed E-state index contributed by atoms with van der Waals surface area (Å²) in [6.45, 7) is 1.48. The molecule has 0 spiro atoms. The first kappa shape index (κ1) is 12.3. The van der Waals surface area contributed by atoms with Crippen LogP contribution in [-0.4, -0.2) is 5.33 Å². The molecular formula is C11H10BrF3. The average Bonchev–Trinajstić information content (AvgIpc) is 2.14. The van der Waals surface area contributed by atoms with Crippen LogP contribution in [-0.2, 0) is 6.18 Å². The van der Waals surface area contributed by atoms with Crippen LogP contribution in [0.1, 0.15) is 16.7 Å². The first-order valence-electron chi connectivity index (χ1n) is 4.36. The smallest absolute Gasteiger partial charge is 0.166 e. The van der Waals surface area contributed by atoms with Crippen molar-refractivity contribution >= 4 is 22.0 Å². The Labute approximate surface area is 94.9 Å². The highest BCUT2D eigenvalue weighted by Crippen LogP contribution is 2.33. The first-order valence-corrected chi connectivity index (χ1v) is 5.48. The lowest BCUT2D eigenvalue weighted by Gasteiger charge is -2.11. The maximum absolute atomic E-state index is 12.5. The number of benzene rings is 1. The Morgan fingerprint density at radius 2 is 2.00 bits per heavy atom. The molecule has 1 aromatic rings. The molecule has 0 aliphatic rings. The Balaban J connectivity index is 3.17. The zero-order chi connectivity index (χ0) is 11.5. The van der Waals surface area contributed by atoms with E-state index in [9.17, 15) is 13.2 Å². The van der Waals surface area contributed by atoms with Crippen LogP contribution >= 0.6 is 15.9 Å². The lowest BCUT2D eigenvalue weighted by Crippen LogP contribution is -2.07. The molecule has 4 heteroatoms. The van der Waals surface area contributed by atoms with Crippen molar-refractivity contribution < 1.29 is 13.2 Å². The van der Waals surface area contributed by atoms with Crippen LogP contribution in [0.4, 0.5) is 13.2 Å². The summed E-state index contributed by atoms with van der Waals surface area (Å²) in [6, 6.07) is 4.19. The van der Waals surface area contributed by atoms with E-state index in [4.69, 9.17) is 0 Å². The monoisotopic (exact) mass is 278 g/mol. The summed E-state index contributed by atoms with van der Waals surface area (Å²) >= 11 is 3.18. The van der Waals surface area contributed by atoms with Gasteiger partial charge >= 0.3 is 6.18 Å². The zero-order valence-electron chi connectivity index (χ0n) is 8.11. The maximum atomic E-state index is 12.5. The van der Waals surface area contributed by atoms with Gasteiger partial charge in [0.15, 0.2) is 0 Å². The molecule has 0 aliphatic carbocycles. The molecule has 0 N–H and O–H groups in total. The van der Waals surface area contributed by atoms with Gasteiger partial charge in [-0.25, -0.2) is 0 Å². The van der Waals surface area contributed by atoms with Gasteiger partial charge in [0.2, 0.25) is 0 Å². The number of alkyl halides is 4. The Kier molecular flexibility index (Phi) is 3.97. The molecule has 0 atom stereocenters. The quantitative estimate of drug-likeness (QED) is 0.703. The lowest BCUT2D eigenvalue weighted by atomic mass is 10.0. The highest BCUT2D eigenvalue weighted by Gasteiger charge is 2.32. The third-order valence-electron chi connectivity index (χ3n) is 2.07. The van der Waals surface area contributed by atoms with Crippen LogP contribution in [0.3, 0.4) is 0 Å². The fraction of sp³-hybridized carbons (Fsp3) is 0.273. The second kappa shape index (κ2) is 4.84. The number of halogens is 4. The van der Waals surface area contributed by atoms with Crippen LogP contribution in [0.5, 0.6) is 0 Å². The second-order valence-electron chi connectivity index (χ2n) is 3.07. The summed E-state index contributed by atoms with van der Waals surface area (Å²) in [5.41, 5.74) is 0.297. The van der Waals surface area contributed by atoms with Crippen molar-refractivity contribution in [1.82, 2.24) is 0 Å². The molecule has 0 heterocycles. The van der Waals surface area contributed by atoms with Crippen LogP contribution in [0.15, 0.2) is 24.3 Å². The van der Waals surface area contributed by atoms with E-state index in [1.807, 2.05) is 0 Å². The highest BCUT2D eigenvalue weighted by molar-refractivity contribution is 9.09. The molecule has 0 amide bonds. The fourth-order valence-electron chi connectivity index (χ4n) is 1.31. The van der Waals surface area contributed by atoms with Gasteiger partial charge in [-0.15, -0.1) is 0 Å². The molecule has 0 fully saturated rings. The van der Waals surface area contributed by atoms with Crippen molar-refractivity contribution in [2.24, 2.45) is 0 Å². The van der Waals surface area contributed by atoms with E-state index in [2.05, 4.69) is 15.9 Å². The third-order valence-corrected chi connectivity index (χ3v) is 2.44. The molecule has 0 aromatic heterocycles. The molecule has 0 bridgehead atoms. The van der Waals surface area contributed by atoms with Crippen molar-refractivity contribution in [2.45, 2.75) is 13.1 Å². The van der Waals surface area contributed by atoms with Crippen molar-refractivity contribution in [2.75, 3.05) is 5.33 Å². The summed E-state index contributed by atoms with van der Waals surface area (Å²) in [5.74, 6) is 0. The topological polar surface area (TPSA) is 0 Å². The number of rotatable bonds is 2. The van der Waals surface area contributed by atoms with Crippen molar-refractivity contribution in [3.05, 3.63) is 41.0 Å². The molecule has 0 saturated heterocycles. The van der Waals surface area contributed by atoms with Crippen molar-refractivity contribution in [3.63, 3.8) is 0 Å². The molecule has 0 nitrogen and oxygen atoms in total. The van der Waals surface area contributed by atoms with Crippen LogP contribution in [0, 0.1) is 6.92 Å². The second-order valence-corrected chi connectivity index (χ2v) is 3.72. The summed E-state index contributed by atoms with van der Waals surface area (Å²) in [7, 11) is 0. The number of allylic oxidation sites excluding steroid dienone is 1. The predicted molar refractivity (Wildman–Crippen MR) is 59.0 cm³/mol. The molecule has 1 aromatic carbocycles. The van der Waals surface area contributed by atoms with E-state index >= 15 is 0 Å². The third kappa shape index (κ3) is 3.09. The minimum Gasteiger partial charge on any atom is -0.166 e. The minimum absolute atomic E-state index is 0.266. The lowest BCUT2D eigenvalue weighted by molar-refractivity contribution is -0.138. The minimum atomic E-state index is -4.28. The first-order chi connectivity index (χ1) is 6.96. The molecule has 1 rings (SSSR count). The Morgan fingerprint density at radius 1 is 1.33 bits per heavy atom. The standard InChI is InChI=1S/C11H10BrF3/c1-8-9(5-3-7-12)4-2-6-10(8)11(13,14)15/h2-6H,7H2,1H3. The van der Waals surface area contributed by atoms with Gasteiger partial charge in [0.1, 0.15) is 0 Å². The number of hydrogen-bond donors (Lipinski definition) is 0. The van der Waals surface area contributed by atoms with Crippen molar-refractivity contribution in [3.8, 4) is 0 Å². The Hall–Kier alpha value is -0.770. The van der Waals surface area contributed by atoms with Gasteiger partial charge in [-0.2, -0.15) is 13.2 Å². The van der Waals surface area contributed by atoms with Crippen LogP contribution in [0.2, 0.25) is 0 Å². The van der Waals surface area contributed by atoms with E-state index in [1.54, 1.807) is 18.2 Å². The zero-order valence-corrected chi connectivity index (χ0v) is 9.69. The predicted octanol–water partition coefficient (Wildman–Crippen LogP) is 4.42. The van der Waals surface area contributed by atoms with E-state index in [0.717, 1.165) is 6.07 Å². The molecule has 0 radical (unpaired) electrons. The Morgan fingerprint density at radius 3 is 2.53 bits per heavy atom. The Bertz CT molecular complexity index is 367. The van der Waals surface area contributed by atoms with Crippen molar-refractivity contribution in [1.29, 1.82) is 0 Å². The molecule has 0 aliphatic heterocycles. The summed E-state index contributed by atoms with van der Waals surface area (Å²) < 4.78 is 37.6. The fourth-order valence-corrected chi connectivity index (χ4v) is 1.50. The van der Waals surface area contributed by atoms with Gasteiger partial charge in [-0.1, -0.05) is 40.2 Å². The van der Waals surface area contributed by atoms with Gasteiger partial charge in [-0.3, -0.25) is 0 Å².